The number of H-pyrrole nitrogens is 1. The molecule has 2 heterocycles. The highest BCUT2D eigenvalue weighted by atomic mass is 16.6. The van der Waals surface area contributed by atoms with Gasteiger partial charge in [0.05, 0.1) is 19.9 Å². The number of carbonyl (C=O) groups excluding carboxylic acids is 1. The number of ether oxygens (including phenoxy) is 3. The Hall–Kier alpha value is -2.25. The molecule has 12 nitrogen and oxygen atoms in total. The Morgan fingerprint density at radius 1 is 1.38 bits per heavy atom. The molecular formula is C12H18N2O10. The number of carbonyl (C=O) groups is 1. The fraction of sp³-hybridized carbons (Fsp3) is 0.583. The van der Waals surface area contributed by atoms with Crippen LogP contribution in [0.2, 0.25) is 0 Å². The molecule has 2 rings (SSSR count). The molecule has 4 atom stereocenters. The minimum absolute atomic E-state index is 0. The van der Waals surface area contributed by atoms with Crippen molar-refractivity contribution in [2.24, 2.45) is 0 Å². The van der Waals surface area contributed by atoms with Gasteiger partial charge in [-0.25, -0.2) is 9.59 Å². The summed E-state index contributed by atoms with van der Waals surface area (Å²) in [6.07, 6.45) is -4.42. The van der Waals surface area contributed by atoms with Crippen LogP contribution in [0.3, 0.4) is 0 Å². The first-order valence-corrected chi connectivity index (χ1v) is 6.56. The lowest BCUT2D eigenvalue weighted by atomic mass is 10.1. The van der Waals surface area contributed by atoms with E-state index in [-0.39, 0.29) is 11.2 Å². The van der Waals surface area contributed by atoms with Gasteiger partial charge in [-0.05, 0) is 0 Å². The number of rotatable bonds is 5. The number of aromatic nitrogens is 2. The van der Waals surface area contributed by atoms with E-state index < -0.39 is 55.0 Å². The molecule has 0 spiro atoms. The fourth-order valence-electron chi connectivity index (χ4n) is 2.06. The van der Waals surface area contributed by atoms with Crippen LogP contribution < -0.4 is 16.0 Å². The Kier molecular flexibility index (Phi) is 6.62. The summed E-state index contributed by atoms with van der Waals surface area (Å²) in [5, 5.41) is 28.6. The summed E-state index contributed by atoms with van der Waals surface area (Å²) in [5.74, 6) is -1.12. The van der Waals surface area contributed by atoms with Crippen LogP contribution in [-0.4, -0.2) is 75.0 Å². The molecule has 1 saturated heterocycles. The van der Waals surface area contributed by atoms with Crippen LogP contribution in [0.4, 0.5) is 0 Å². The van der Waals surface area contributed by atoms with Gasteiger partial charge in [0.1, 0.15) is 18.3 Å². The molecule has 12 heteroatoms. The molecule has 24 heavy (non-hydrogen) atoms. The normalized spacial score (nSPS) is 25.8. The molecule has 1 fully saturated rings. The molecule has 1 aromatic heterocycles. The second-order valence-electron chi connectivity index (χ2n) is 4.75. The predicted molar refractivity (Wildman–Crippen MR) is 75.5 cm³/mol. The summed E-state index contributed by atoms with van der Waals surface area (Å²) < 4.78 is 15.3. The van der Waals surface area contributed by atoms with E-state index in [9.17, 15) is 24.6 Å². The van der Waals surface area contributed by atoms with Gasteiger partial charge in [0.2, 0.25) is 5.75 Å². The van der Waals surface area contributed by atoms with Gasteiger partial charge in [0.15, 0.2) is 12.8 Å². The lowest BCUT2D eigenvalue weighted by molar-refractivity contribution is -0.142. The van der Waals surface area contributed by atoms with Crippen molar-refractivity contribution in [2.45, 2.75) is 24.5 Å². The number of hydrogen-bond donors (Lipinski definition) is 4. The second kappa shape index (κ2) is 8.03. The van der Waals surface area contributed by atoms with E-state index in [1.165, 1.54) is 0 Å². The molecule has 1 aromatic rings. The predicted octanol–water partition coefficient (Wildman–Crippen LogP) is -4.12. The van der Waals surface area contributed by atoms with Crippen molar-refractivity contribution in [3.05, 3.63) is 27.0 Å². The van der Waals surface area contributed by atoms with Gasteiger partial charge < -0.3 is 35.0 Å². The van der Waals surface area contributed by atoms with Gasteiger partial charge in [-0.2, -0.15) is 0 Å². The zero-order valence-electron chi connectivity index (χ0n) is 12.5. The Morgan fingerprint density at radius 3 is 2.58 bits per heavy atom. The second-order valence-corrected chi connectivity index (χ2v) is 4.75. The average molecular weight is 350 g/mol. The molecule has 0 bridgehead atoms. The summed E-state index contributed by atoms with van der Waals surface area (Å²) in [6, 6.07) is 0. The number of aliphatic hydroxyl groups is 3. The lowest BCUT2D eigenvalue weighted by Gasteiger charge is -2.17. The topological polar surface area (TPSA) is 192 Å². The van der Waals surface area contributed by atoms with Gasteiger partial charge in [-0.15, -0.1) is 0 Å². The van der Waals surface area contributed by atoms with Crippen LogP contribution in [0.15, 0.2) is 15.8 Å². The number of esters is 1. The highest BCUT2D eigenvalue weighted by molar-refractivity contribution is 5.70. The van der Waals surface area contributed by atoms with Gasteiger partial charge in [0.25, 0.3) is 5.56 Å². The fourth-order valence-corrected chi connectivity index (χ4v) is 2.06. The quantitative estimate of drug-likeness (QED) is 0.382. The zero-order valence-corrected chi connectivity index (χ0v) is 12.5. The maximum atomic E-state index is 11.8. The number of nitrogens with zero attached hydrogens (tertiary/aromatic N) is 1. The molecular weight excluding hydrogens is 332 g/mol. The molecule has 0 aliphatic carbocycles. The minimum Gasteiger partial charge on any atom is -0.475 e. The van der Waals surface area contributed by atoms with Crippen LogP contribution in [0.25, 0.3) is 0 Å². The number of aliphatic hydroxyl groups excluding tert-OH is 3. The van der Waals surface area contributed by atoms with E-state index in [0.717, 1.165) is 17.9 Å². The van der Waals surface area contributed by atoms with Gasteiger partial charge >= 0.3 is 11.7 Å². The van der Waals surface area contributed by atoms with E-state index in [0.29, 0.717) is 0 Å². The van der Waals surface area contributed by atoms with Crippen molar-refractivity contribution >= 4 is 5.97 Å². The highest BCUT2D eigenvalue weighted by Gasteiger charge is 2.43. The van der Waals surface area contributed by atoms with Crippen LogP contribution in [0, 0.1) is 0 Å². The monoisotopic (exact) mass is 350 g/mol. The van der Waals surface area contributed by atoms with Crippen molar-refractivity contribution in [1.82, 2.24) is 9.55 Å². The van der Waals surface area contributed by atoms with Crippen molar-refractivity contribution < 1.29 is 39.8 Å². The number of nitrogens with one attached hydrogen (secondary N) is 1. The Labute approximate surface area is 134 Å². The summed E-state index contributed by atoms with van der Waals surface area (Å²) >= 11 is 0. The van der Waals surface area contributed by atoms with E-state index in [2.05, 4.69) is 4.74 Å². The SMILES string of the molecule is COC(=O)COc1cn([C@@H]2O[C@H](CO)[C@@H](O)[C@H]2O)c(=O)[nH]c1=O.O. The highest BCUT2D eigenvalue weighted by Crippen LogP contribution is 2.28. The summed E-state index contributed by atoms with van der Waals surface area (Å²) in [5.41, 5.74) is -1.81. The summed E-state index contributed by atoms with van der Waals surface area (Å²) in [6.45, 7) is -1.13. The van der Waals surface area contributed by atoms with Crippen molar-refractivity contribution in [1.29, 1.82) is 0 Å². The molecule has 0 amide bonds. The van der Waals surface area contributed by atoms with Gasteiger partial charge in [0, 0.05) is 0 Å². The van der Waals surface area contributed by atoms with Crippen molar-refractivity contribution in [2.75, 3.05) is 20.3 Å². The standard InChI is InChI=1S/C12H16N2O9.H2O/c1-21-7(16)4-22-5-2-14(12(20)13-10(5)19)11-9(18)8(17)6(3-15)23-11;/h2,6,8-9,11,15,17-18H,3-4H2,1H3,(H,13,19,20);1H2/t6-,8-,9-,11-;/m1./s1. The van der Waals surface area contributed by atoms with Gasteiger partial charge in [-0.1, -0.05) is 0 Å². The number of hydrogen-bond acceptors (Lipinski definition) is 9. The maximum Gasteiger partial charge on any atom is 0.343 e. The largest absolute Gasteiger partial charge is 0.475 e. The van der Waals surface area contributed by atoms with Crippen LogP contribution in [-0.2, 0) is 14.3 Å². The first-order chi connectivity index (χ1) is 10.9. The van der Waals surface area contributed by atoms with Crippen LogP contribution in [0.1, 0.15) is 6.23 Å². The van der Waals surface area contributed by atoms with E-state index in [1.807, 2.05) is 4.98 Å². The van der Waals surface area contributed by atoms with Crippen LogP contribution >= 0.6 is 0 Å². The molecule has 1 aliphatic heterocycles. The first-order valence-electron chi connectivity index (χ1n) is 6.56. The smallest absolute Gasteiger partial charge is 0.343 e. The van der Waals surface area contributed by atoms with Crippen molar-refractivity contribution in [3.8, 4) is 5.75 Å². The molecule has 0 unspecified atom stereocenters. The van der Waals surface area contributed by atoms with Crippen LogP contribution in [0.5, 0.6) is 5.75 Å². The molecule has 136 valence electrons. The average Bonchev–Trinajstić information content (AvgIpc) is 2.81. The third-order valence-corrected chi connectivity index (χ3v) is 3.30. The molecule has 0 saturated carbocycles. The third-order valence-electron chi connectivity index (χ3n) is 3.30. The van der Waals surface area contributed by atoms with E-state index >= 15 is 0 Å². The Balaban J connectivity index is 0.00000288. The lowest BCUT2D eigenvalue weighted by Crippen LogP contribution is -2.38. The van der Waals surface area contributed by atoms with E-state index in [1.54, 1.807) is 0 Å². The summed E-state index contributed by atoms with van der Waals surface area (Å²) in [7, 11) is 1.13. The third kappa shape index (κ3) is 3.80. The number of methoxy groups -OCH3 is 1. The number of aromatic amines is 1. The Morgan fingerprint density at radius 2 is 2.04 bits per heavy atom. The van der Waals surface area contributed by atoms with Gasteiger partial charge in [-0.3, -0.25) is 14.3 Å². The minimum atomic E-state index is -1.51. The summed E-state index contributed by atoms with van der Waals surface area (Å²) in [4.78, 5) is 36.4. The van der Waals surface area contributed by atoms with Crippen molar-refractivity contribution in [3.63, 3.8) is 0 Å². The van der Waals surface area contributed by atoms with E-state index in [4.69, 9.17) is 14.6 Å². The molecule has 1 aliphatic rings. The molecule has 0 aromatic carbocycles. The first kappa shape index (κ1) is 19.8. The maximum absolute atomic E-state index is 11.8. The molecule has 0 radical (unpaired) electrons. The molecule has 6 N–H and O–H groups in total. The Bertz CT molecular complexity index is 683. The zero-order chi connectivity index (χ0) is 17.1.